The van der Waals surface area contributed by atoms with E-state index in [0.29, 0.717) is 34.3 Å². The molecule has 0 atom stereocenters. The number of rotatable bonds is 8. The molecule has 0 radical (unpaired) electrons. The minimum Gasteiger partial charge on any atom is -0.484 e. The summed E-state index contributed by atoms with van der Waals surface area (Å²) in [5, 5.41) is 8.28. The molecular weight excluding hydrogens is 460 g/mol. The number of aromatic nitrogens is 2. The third kappa shape index (κ3) is 5.53. The lowest BCUT2D eigenvalue weighted by atomic mass is 10.2. The van der Waals surface area contributed by atoms with Crippen molar-refractivity contribution in [3.63, 3.8) is 0 Å². The van der Waals surface area contributed by atoms with Gasteiger partial charge in [-0.2, -0.15) is 0 Å². The highest BCUT2D eigenvalue weighted by atomic mass is 35.5. The Morgan fingerprint density at radius 1 is 1.18 bits per heavy atom. The van der Waals surface area contributed by atoms with E-state index in [-0.39, 0.29) is 18.4 Å². The summed E-state index contributed by atoms with van der Waals surface area (Å²) in [6.45, 7) is 2.25. The van der Waals surface area contributed by atoms with Gasteiger partial charge in [0.15, 0.2) is 6.61 Å². The van der Waals surface area contributed by atoms with Crippen molar-refractivity contribution >= 4 is 51.5 Å². The Kier molecular flexibility index (Phi) is 6.96. The fourth-order valence-electron chi connectivity index (χ4n) is 3.39. The van der Waals surface area contributed by atoms with Crippen molar-refractivity contribution in [2.45, 2.75) is 13.3 Å². The number of ether oxygens (including phenoxy) is 1. The normalized spacial score (nSPS) is 10.9. The van der Waals surface area contributed by atoms with E-state index in [4.69, 9.17) is 16.3 Å². The van der Waals surface area contributed by atoms with Gasteiger partial charge in [0.25, 0.3) is 11.8 Å². The van der Waals surface area contributed by atoms with Crippen LogP contribution in [0.5, 0.6) is 5.75 Å². The highest BCUT2D eigenvalue weighted by Crippen LogP contribution is 2.22. The summed E-state index contributed by atoms with van der Waals surface area (Å²) < 4.78 is 7.54. The third-order valence-electron chi connectivity index (χ3n) is 5.14. The predicted molar refractivity (Wildman–Crippen MR) is 131 cm³/mol. The minimum absolute atomic E-state index is 0.0789. The number of fused-ring (bicyclic) bond motifs is 1. The molecule has 0 saturated carbocycles. The van der Waals surface area contributed by atoms with Gasteiger partial charge in [-0.25, -0.2) is 4.98 Å². The molecule has 2 amide bonds. The monoisotopic (exact) mass is 482 g/mol. The van der Waals surface area contributed by atoms with Crippen LogP contribution in [0.1, 0.15) is 21.1 Å². The van der Waals surface area contributed by atoms with Crippen molar-refractivity contribution in [3.05, 3.63) is 75.2 Å². The van der Waals surface area contributed by atoms with E-state index in [0.717, 1.165) is 22.4 Å². The number of carbonyl (C=O) groups is 2. The molecule has 7 nitrogen and oxygen atoms in total. The molecule has 170 valence electrons. The molecule has 2 N–H and O–H groups in total. The molecule has 4 aromatic rings. The maximum Gasteiger partial charge on any atom is 0.262 e. The molecule has 0 bridgehead atoms. The summed E-state index contributed by atoms with van der Waals surface area (Å²) in [6, 6.07) is 14.5. The smallest absolute Gasteiger partial charge is 0.262 e. The molecule has 9 heteroatoms. The zero-order chi connectivity index (χ0) is 23.4. The van der Waals surface area contributed by atoms with E-state index in [9.17, 15) is 9.59 Å². The van der Waals surface area contributed by atoms with E-state index >= 15 is 0 Å². The number of anilines is 1. The Morgan fingerprint density at radius 2 is 2.03 bits per heavy atom. The number of nitrogens with zero attached hydrogens (tertiary/aromatic N) is 2. The van der Waals surface area contributed by atoms with Crippen LogP contribution in [0, 0.1) is 6.92 Å². The second-order valence-corrected chi connectivity index (χ2v) is 8.88. The first kappa shape index (κ1) is 22.8. The molecule has 33 heavy (non-hydrogen) atoms. The fourth-order valence-corrected chi connectivity index (χ4v) is 4.14. The zero-order valence-corrected chi connectivity index (χ0v) is 19.8. The number of nitrogens with one attached hydrogen (secondary N) is 2. The Morgan fingerprint density at radius 3 is 2.79 bits per heavy atom. The van der Waals surface area contributed by atoms with E-state index < -0.39 is 0 Å². The van der Waals surface area contributed by atoms with E-state index in [1.807, 2.05) is 48.2 Å². The summed E-state index contributed by atoms with van der Waals surface area (Å²) in [7, 11) is 1.94. The average molecular weight is 483 g/mol. The lowest BCUT2D eigenvalue weighted by Gasteiger charge is -2.09. The molecule has 4 rings (SSSR count). The van der Waals surface area contributed by atoms with Crippen LogP contribution in [0.3, 0.4) is 0 Å². The number of imidazole rings is 1. The molecule has 0 aliphatic heterocycles. The highest BCUT2D eigenvalue weighted by Gasteiger charge is 2.12. The summed E-state index contributed by atoms with van der Waals surface area (Å²) >= 11 is 7.43. The molecule has 0 spiro atoms. The van der Waals surface area contributed by atoms with Crippen molar-refractivity contribution in [1.82, 2.24) is 14.9 Å². The second-order valence-electron chi connectivity index (χ2n) is 7.52. The minimum atomic E-state index is -0.269. The summed E-state index contributed by atoms with van der Waals surface area (Å²) in [6.07, 6.45) is 0.596. The van der Waals surface area contributed by atoms with E-state index in [1.165, 1.54) is 11.3 Å². The van der Waals surface area contributed by atoms with Gasteiger partial charge in [-0.15, -0.1) is 11.3 Å². The molecule has 2 aromatic carbocycles. The maximum absolute atomic E-state index is 12.3. The largest absolute Gasteiger partial charge is 0.484 e. The van der Waals surface area contributed by atoms with Crippen molar-refractivity contribution in [3.8, 4) is 5.75 Å². The fraction of sp³-hybridized carbons (Fsp3) is 0.208. The van der Waals surface area contributed by atoms with E-state index in [1.54, 1.807) is 24.3 Å². The van der Waals surface area contributed by atoms with Gasteiger partial charge in [0.1, 0.15) is 11.6 Å². The van der Waals surface area contributed by atoms with E-state index in [2.05, 4.69) is 15.6 Å². The third-order valence-corrected chi connectivity index (χ3v) is 6.43. The number of halogens is 1. The highest BCUT2D eigenvalue weighted by molar-refractivity contribution is 7.12. The molecular formula is C24H23ClN4O3S. The Balaban J connectivity index is 1.34. The first-order valence-electron chi connectivity index (χ1n) is 10.4. The number of amides is 2. The van der Waals surface area contributed by atoms with Crippen LogP contribution >= 0.6 is 22.9 Å². The number of carbonyl (C=O) groups excluding carboxylic acids is 2. The second kappa shape index (κ2) is 10.1. The Hall–Kier alpha value is -3.36. The van der Waals surface area contributed by atoms with Crippen molar-refractivity contribution in [2.75, 3.05) is 18.5 Å². The summed E-state index contributed by atoms with van der Waals surface area (Å²) in [4.78, 5) is 29.8. The first-order chi connectivity index (χ1) is 15.9. The van der Waals surface area contributed by atoms with Crippen molar-refractivity contribution in [2.24, 2.45) is 7.05 Å². The lowest BCUT2D eigenvalue weighted by Crippen LogP contribution is -2.25. The molecule has 0 unspecified atom stereocenters. The molecule has 0 aliphatic rings. The molecule has 0 saturated heterocycles. The zero-order valence-electron chi connectivity index (χ0n) is 18.2. The number of benzene rings is 2. The van der Waals surface area contributed by atoms with Gasteiger partial charge >= 0.3 is 0 Å². The van der Waals surface area contributed by atoms with Crippen LogP contribution < -0.4 is 15.4 Å². The number of aryl methyl sites for hydroxylation is 2. The lowest BCUT2D eigenvalue weighted by molar-refractivity contribution is -0.118. The van der Waals surface area contributed by atoms with Crippen LogP contribution in [0.25, 0.3) is 11.0 Å². The van der Waals surface area contributed by atoms with Gasteiger partial charge in [0.2, 0.25) is 0 Å². The van der Waals surface area contributed by atoms with Crippen LogP contribution in [0.2, 0.25) is 5.02 Å². The first-order valence-corrected chi connectivity index (χ1v) is 11.6. The van der Waals surface area contributed by atoms with Crippen molar-refractivity contribution < 1.29 is 14.3 Å². The van der Waals surface area contributed by atoms with Crippen LogP contribution in [-0.2, 0) is 18.3 Å². The van der Waals surface area contributed by atoms with Gasteiger partial charge in [-0.1, -0.05) is 17.7 Å². The SMILES string of the molecule is Cc1cc(OCC(=O)Nc2ccc3c(c2)nc(CCNC(=O)c2cccs2)n3C)ccc1Cl. The van der Waals surface area contributed by atoms with Gasteiger partial charge in [0, 0.05) is 30.7 Å². The van der Waals surface area contributed by atoms with Gasteiger partial charge in [-0.3, -0.25) is 9.59 Å². The summed E-state index contributed by atoms with van der Waals surface area (Å²) in [5.41, 5.74) is 3.24. The van der Waals surface area contributed by atoms with Crippen LogP contribution in [-0.4, -0.2) is 34.5 Å². The summed E-state index contributed by atoms with van der Waals surface area (Å²) in [5.74, 6) is 1.09. The average Bonchev–Trinajstić information content (AvgIpc) is 3.43. The predicted octanol–water partition coefficient (Wildman–Crippen LogP) is 4.59. The van der Waals surface area contributed by atoms with Gasteiger partial charge < -0.3 is 19.9 Å². The van der Waals surface area contributed by atoms with Gasteiger partial charge in [0.05, 0.1) is 15.9 Å². The Labute approximate surface area is 200 Å². The van der Waals surface area contributed by atoms with Crippen LogP contribution in [0.15, 0.2) is 53.9 Å². The quantitative estimate of drug-likeness (QED) is 0.384. The standard InChI is InChI=1S/C24H23ClN4O3S/c1-15-12-17(6-7-18(15)25)32-14-23(30)27-16-5-8-20-19(13-16)28-22(29(20)2)9-10-26-24(31)21-4-3-11-33-21/h3-8,11-13H,9-10,14H2,1-2H3,(H,26,31)(H,27,30). The number of hydrogen-bond acceptors (Lipinski definition) is 5. The topological polar surface area (TPSA) is 85.2 Å². The molecule has 2 heterocycles. The Bertz CT molecular complexity index is 1300. The van der Waals surface area contributed by atoms with Crippen LogP contribution in [0.4, 0.5) is 5.69 Å². The number of hydrogen-bond donors (Lipinski definition) is 2. The van der Waals surface area contributed by atoms with Crippen molar-refractivity contribution in [1.29, 1.82) is 0 Å². The number of thiophene rings is 1. The molecule has 0 aliphatic carbocycles. The van der Waals surface area contributed by atoms with Gasteiger partial charge in [-0.05, 0) is 60.3 Å². The molecule has 2 aromatic heterocycles. The molecule has 0 fully saturated rings. The maximum atomic E-state index is 12.3.